The van der Waals surface area contributed by atoms with Gasteiger partial charge in [-0.3, -0.25) is 4.79 Å². The van der Waals surface area contributed by atoms with Crippen LogP contribution in [0.1, 0.15) is 34.1 Å². The Bertz CT molecular complexity index is 500. The Kier molecular flexibility index (Phi) is 4.33. The molecule has 6 heteroatoms. The van der Waals surface area contributed by atoms with Crippen molar-refractivity contribution in [3.05, 3.63) is 12.2 Å². The third kappa shape index (κ3) is 2.15. The fourth-order valence-corrected chi connectivity index (χ4v) is 3.45. The normalized spacial score (nSPS) is 31.6. The van der Waals surface area contributed by atoms with Crippen LogP contribution in [0, 0.1) is 17.8 Å². The van der Waals surface area contributed by atoms with E-state index in [0.717, 1.165) is 0 Å². The summed E-state index contributed by atoms with van der Waals surface area (Å²) in [5.41, 5.74) is -2.36. The lowest BCUT2D eigenvalue weighted by Gasteiger charge is -2.41. The van der Waals surface area contributed by atoms with Crippen molar-refractivity contribution in [1.82, 2.24) is 4.90 Å². The van der Waals surface area contributed by atoms with Crippen molar-refractivity contribution in [1.29, 1.82) is 0 Å². The molecule has 0 saturated heterocycles. The average molecular weight is 315 g/mol. The van der Waals surface area contributed by atoms with Crippen molar-refractivity contribution < 1.29 is 23.1 Å². The zero-order chi connectivity index (χ0) is 16.7. The third-order valence-corrected chi connectivity index (χ3v) is 4.73. The smallest absolute Gasteiger partial charge is 0.410 e. The topological polar surface area (TPSA) is 46.6 Å². The molecule has 2 bridgehead atoms. The Balaban J connectivity index is 2.43. The Labute approximate surface area is 129 Å². The van der Waals surface area contributed by atoms with Gasteiger partial charge in [-0.1, -0.05) is 26.0 Å². The summed E-state index contributed by atoms with van der Waals surface area (Å²) in [5.74, 6) is -6.49. The zero-order valence-electron chi connectivity index (χ0n) is 13.4. The largest absolute Gasteiger partial charge is 0.428 e. The molecule has 1 amide bonds. The first-order chi connectivity index (χ1) is 10.2. The highest BCUT2D eigenvalue weighted by Crippen LogP contribution is 2.59. The third-order valence-electron chi connectivity index (χ3n) is 4.73. The monoisotopic (exact) mass is 315 g/mol. The number of Topliss-reactive ketones (excluding diaryl/α,β-unsaturated/α-hetero) is 1. The molecule has 1 fully saturated rings. The van der Waals surface area contributed by atoms with Gasteiger partial charge in [-0.15, -0.1) is 0 Å². The van der Waals surface area contributed by atoms with Gasteiger partial charge < -0.3 is 9.64 Å². The van der Waals surface area contributed by atoms with E-state index in [9.17, 15) is 18.4 Å². The molecule has 0 heterocycles. The number of amides is 1. The van der Waals surface area contributed by atoms with E-state index in [0.29, 0.717) is 13.1 Å². The Morgan fingerprint density at radius 3 is 2.18 bits per heavy atom. The highest BCUT2D eigenvalue weighted by molar-refractivity contribution is 5.93. The molecule has 2 rings (SSSR count). The minimum Gasteiger partial charge on any atom is -0.428 e. The van der Waals surface area contributed by atoms with Gasteiger partial charge in [0.25, 0.3) is 0 Å². The van der Waals surface area contributed by atoms with Crippen LogP contribution in [0.4, 0.5) is 13.6 Å². The van der Waals surface area contributed by atoms with Crippen molar-refractivity contribution in [2.45, 2.75) is 45.6 Å². The Hall–Kier alpha value is -1.46. The van der Waals surface area contributed by atoms with E-state index >= 15 is 0 Å². The number of alkyl halides is 2. The van der Waals surface area contributed by atoms with Gasteiger partial charge in [-0.25, -0.2) is 13.6 Å². The average Bonchev–Trinajstić information content (AvgIpc) is 3.01. The van der Waals surface area contributed by atoms with Crippen LogP contribution < -0.4 is 0 Å². The summed E-state index contributed by atoms with van der Waals surface area (Å²) < 4.78 is 34.9. The Morgan fingerprint density at radius 2 is 1.77 bits per heavy atom. The quantitative estimate of drug-likeness (QED) is 0.732. The van der Waals surface area contributed by atoms with Crippen molar-refractivity contribution in [2.24, 2.45) is 17.8 Å². The number of hydrogen-bond donors (Lipinski definition) is 0. The zero-order valence-corrected chi connectivity index (χ0v) is 13.4. The van der Waals surface area contributed by atoms with Crippen LogP contribution in [-0.2, 0) is 9.53 Å². The maximum Gasteiger partial charge on any atom is 0.410 e. The number of halogens is 2. The molecule has 2 aliphatic carbocycles. The van der Waals surface area contributed by atoms with Crippen LogP contribution in [0.5, 0.6) is 0 Å². The molecule has 124 valence electrons. The van der Waals surface area contributed by atoms with Crippen LogP contribution >= 0.6 is 0 Å². The summed E-state index contributed by atoms with van der Waals surface area (Å²) in [4.78, 5) is 26.2. The maximum atomic E-state index is 14.8. The van der Waals surface area contributed by atoms with Gasteiger partial charge in [-0.2, -0.15) is 0 Å². The molecule has 0 aromatic rings. The summed E-state index contributed by atoms with van der Waals surface area (Å²) in [6.07, 6.45) is 2.33. The first kappa shape index (κ1) is 16.9. The number of nitrogens with zero attached hydrogens (tertiary/aromatic N) is 1. The second-order valence-electron chi connectivity index (χ2n) is 6.25. The standard InChI is InChI=1S/C16H23F2NO3/c1-5-19(6-2)14(21)22-15(13(20)10(3)4)11-7-8-12(9-11)16(15,17)18/h7-8,10-12H,5-6,9H2,1-4H3/t11-,12+,15+/m0/s1. The lowest BCUT2D eigenvalue weighted by Crippen LogP contribution is -2.62. The predicted octanol–water partition coefficient (Wildman–Crippen LogP) is 3.27. The number of hydrogen-bond acceptors (Lipinski definition) is 3. The minimum atomic E-state index is -3.36. The van der Waals surface area contributed by atoms with Gasteiger partial charge in [0.15, 0.2) is 5.78 Å². The second kappa shape index (κ2) is 5.63. The SMILES string of the molecule is CCN(CC)C(=O)O[C@@]1(C(=O)C(C)C)[C@H]2C=C[C@H](C2)C1(F)F. The minimum absolute atomic E-state index is 0.150. The number of allylic oxidation sites excluding steroid dienone is 1. The molecular formula is C16H23F2NO3. The molecule has 4 nitrogen and oxygen atoms in total. The van der Waals surface area contributed by atoms with Crippen molar-refractivity contribution in [3.8, 4) is 0 Å². The van der Waals surface area contributed by atoms with E-state index in [1.54, 1.807) is 33.8 Å². The lowest BCUT2D eigenvalue weighted by molar-refractivity contribution is -0.198. The summed E-state index contributed by atoms with van der Waals surface area (Å²) in [6.45, 7) is 7.27. The van der Waals surface area contributed by atoms with Gasteiger partial charge in [-0.05, 0) is 20.3 Å². The summed E-state index contributed by atoms with van der Waals surface area (Å²) in [6, 6.07) is 0. The fourth-order valence-electron chi connectivity index (χ4n) is 3.45. The molecule has 0 spiro atoms. The van der Waals surface area contributed by atoms with Gasteiger partial charge in [0.2, 0.25) is 5.60 Å². The predicted molar refractivity (Wildman–Crippen MR) is 77.7 cm³/mol. The van der Waals surface area contributed by atoms with Crippen LogP contribution in [0.15, 0.2) is 12.2 Å². The summed E-state index contributed by atoms with van der Waals surface area (Å²) in [5, 5.41) is 0. The first-order valence-corrected chi connectivity index (χ1v) is 7.80. The molecule has 0 unspecified atom stereocenters. The number of fused-ring (bicyclic) bond motifs is 2. The number of carbonyl (C=O) groups is 2. The van der Waals surface area contributed by atoms with E-state index in [4.69, 9.17) is 4.74 Å². The highest BCUT2D eigenvalue weighted by atomic mass is 19.3. The number of ketones is 1. The summed E-state index contributed by atoms with van der Waals surface area (Å²) >= 11 is 0. The van der Waals surface area contributed by atoms with Crippen LogP contribution in [0.2, 0.25) is 0 Å². The summed E-state index contributed by atoms with van der Waals surface area (Å²) in [7, 11) is 0. The molecule has 0 aromatic carbocycles. The van der Waals surface area contributed by atoms with E-state index < -0.39 is 41.2 Å². The van der Waals surface area contributed by atoms with Gasteiger partial charge >= 0.3 is 12.0 Å². The first-order valence-electron chi connectivity index (χ1n) is 7.80. The van der Waals surface area contributed by atoms with Crippen LogP contribution in [0.3, 0.4) is 0 Å². The molecule has 0 aliphatic heterocycles. The molecular weight excluding hydrogens is 292 g/mol. The van der Waals surface area contributed by atoms with E-state index in [1.165, 1.54) is 11.0 Å². The fraction of sp³-hybridized carbons (Fsp3) is 0.750. The van der Waals surface area contributed by atoms with Gasteiger partial charge in [0.05, 0.1) is 0 Å². The molecule has 0 radical (unpaired) electrons. The van der Waals surface area contributed by atoms with E-state index in [-0.39, 0.29) is 6.42 Å². The van der Waals surface area contributed by atoms with Crippen LogP contribution in [-0.4, -0.2) is 41.4 Å². The van der Waals surface area contributed by atoms with Crippen molar-refractivity contribution >= 4 is 11.9 Å². The molecule has 0 aromatic heterocycles. The van der Waals surface area contributed by atoms with E-state index in [1.807, 2.05) is 0 Å². The van der Waals surface area contributed by atoms with Crippen molar-refractivity contribution in [3.63, 3.8) is 0 Å². The van der Waals surface area contributed by atoms with Gasteiger partial charge in [0.1, 0.15) is 0 Å². The van der Waals surface area contributed by atoms with Gasteiger partial charge in [0, 0.05) is 30.8 Å². The van der Waals surface area contributed by atoms with E-state index in [2.05, 4.69) is 0 Å². The number of carbonyl (C=O) groups excluding carboxylic acids is 2. The molecule has 22 heavy (non-hydrogen) atoms. The molecule has 1 saturated carbocycles. The lowest BCUT2D eigenvalue weighted by atomic mass is 9.77. The maximum absolute atomic E-state index is 14.8. The molecule has 3 atom stereocenters. The molecule has 0 N–H and O–H groups in total. The highest BCUT2D eigenvalue weighted by Gasteiger charge is 2.75. The number of ether oxygens (including phenoxy) is 1. The Morgan fingerprint density at radius 1 is 1.23 bits per heavy atom. The van der Waals surface area contributed by atoms with Crippen LogP contribution in [0.25, 0.3) is 0 Å². The molecule has 2 aliphatic rings. The number of rotatable bonds is 5. The van der Waals surface area contributed by atoms with Crippen molar-refractivity contribution in [2.75, 3.05) is 13.1 Å². The second-order valence-corrected chi connectivity index (χ2v) is 6.25.